The number of carbonyl (C=O) groups excluding carboxylic acids is 2. The van der Waals surface area contributed by atoms with Crippen molar-refractivity contribution in [2.24, 2.45) is 0 Å². The molecule has 1 N–H and O–H groups in total. The van der Waals surface area contributed by atoms with Gasteiger partial charge in [0.25, 0.3) is 5.91 Å². The number of benzene rings is 2. The van der Waals surface area contributed by atoms with E-state index in [0.29, 0.717) is 27.6 Å². The van der Waals surface area contributed by atoms with Crippen LogP contribution in [0.4, 0.5) is 0 Å². The summed E-state index contributed by atoms with van der Waals surface area (Å²) < 4.78 is 15.6. The lowest BCUT2D eigenvalue weighted by Crippen LogP contribution is -2.24. The highest BCUT2D eigenvalue weighted by atomic mass is 35.5. The van der Waals surface area contributed by atoms with E-state index in [1.54, 1.807) is 36.4 Å². The van der Waals surface area contributed by atoms with Gasteiger partial charge in [-0.05, 0) is 49.7 Å². The number of hydrogen-bond donors (Lipinski definition) is 1. The number of esters is 1. The van der Waals surface area contributed by atoms with E-state index in [1.165, 1.54) is 14.2 Å². The van der Waals surface area contributed by atoms with Gasteiger partial charge in [-0.1, -0.05) is 17.7 Å². The van der Waals surface area contributed by atoms with Crippen molar-refractivity contribution in [2.45, 2.75) is 26.5 Å². The van der Waals surface area contributed by atoms with Crippen molar-refractivity contribution in [3.63, 3.8) is 0 Å². The largest absolute Gasteiger partial charge is 0.496 e. The van der Waals surface area contributed by atoms with Gasteiger partial charge in [-0.2, -0.15) is 0 Å². The van der Waals surface area contributed by atoms with Crippen LogP contribution >= 0.6 is 11.6 Å². The zero-order valence-corrected chi connectivity index (χ0v) is 16.4. The zero-order chi connectivity index (χ0) is 20.0. The maximum absolute atomic E-state index is 12.6. The summed E-state index contributed by atoms with van der Waals surface area (Å²) >= 11 is 6.02. The van der Waals surface area contributed by atoms with Crippen LogP contribution in [0.25, 0.3) is 0 Å². The Morgan fingerprint density at radius 1 is 1.04 bits per heavy atom. The molecule has 0 aliphatic rings. The fourth-order valence-corrected chi connectivity index (χ4v) is 2.62. The summed E-state index contributed by atoms with van der Waals surface area (Å²) in [7, 11) is 2.77. The Kier molecular flexibility index (Phi) is 7.07. The summed E-state index contributed by atoms with van der Waals surface area (Å²) in [5.41, 5.74) is 1.36. The van der Waals surface area contributed by atoms with Gasteiger partial charge in [0, 0.05) is 11.6 Å². The van der Waals surface area contributed by atoms with Gasteiger partial charge in [0.1, 0.15) is 17.1 Å². The lowest BCUT2D eigenvalue weighted by molar-refractivity contribution is 0.0597. The number of halogens is 1. The Morgan fingerprint density at radius 3 is 2.37 bits per heavy atom. The maximum atomic E-state index is 12.6. The predicted molar refractivity (Wildman–Crippen MR) is 103 cm³/mol. The number of methoxy groups -OCH3 is 2. The van der Waals surface area contributed by atoms with Crippen LogP contribution in [0.2, 0.25) is 5.02 Å². The zero-order valence-electron chi connectivity index (χ0n) is 15.7. The number of ether oxygens (including phenoxy) is 3. The summed E-state index contributed by atoms with van der Waals surface area (Å²) in [4.78, 5) is 24.5. The molecule has 0 aliphatic carbocycles. The molecule has 27 heavy (non-hydrogen) atoms. The number of hydrogen-bond acceptors (Lipinski definition) is 5. The molecule has 0 aliphatic heterocycles. The fourth-order valence-electron chi connectivity index (χ4n) is 2.45. The minimum atomic E-state index is -0.512. The van der Waals surface area contributed by atoms with E-state index in [-0.39, 0.29) is 18.6 Å². The first-order valence-corrected chi connectivity index (χ1v) is 8.73. The van der Waals surface area contributed by atoms with Gasteiger partial charge in [0.2, 0.25) is 0 Å². The van der Waals surface area contributed by atoms with Crippen molar-refractivity contribution in [1.29, 1.82) is 0 Å². The summed E-state index contributed by atoms with van der Waals surface area (Å²) in [6, 6.07) is 9.93. The molecule has 2 aromatic carbocycles. The maximum Gasteiger partial charge on any atom is 0.341 e. The van der Waals surface area contributed by atoms with Crippen LogP contribution in [0, 0.1) is 0 Å². The molecular weight excluding hydrogens is 370 g/mol. The number of amides is 1. The molecule has 0 bridgehead atoms. The molecule has 0 heterocycles. The standard InChI is InChI=1S/C20H22ClNO5/c1-12(2)27-18-8-6-14(21)10-15(18)19(23)22-11-13-5-7-17(25-3)16(9-13)20(24)26-4/h5-10,12H,11H2,1-4H3,(H,22,23). The highest BCUT2D eigenvalue weighted by Crippen LogP contribution is 2.25. The van der Waals surface area contributed by atoms with E-state index in [0.717, 1.165) is 5.56 Å². The molecule has 2 rings (SSSR count). The van der Waals surface area contributed by atoms with Gasteiger partial charge in [-0.15, -0.1) is 0 Å². The van der Waals surface area contributed by atoms with Crippen LogP contribution in [0.3, 0.4) is 0 Å². The molecule has 144 valence electrons. The molecule has 0 fully saturated rings. The molecule has 0 atom stereocenters. The van der Waals surface area contributed by atoms with E-state index in [4.69, 9.17) is 25.8 Å². The Morgan fingerprint density at radius 2 is 1.74 bits per heavy atom. The third-order valence-corrected chi connectivity index (χ3v) is 3.91. The molecule has 0 saturated carbocycles. The molecule has 0 unspecified atom stereocenters. The van der Waals surface area contributed by atoms with E-state index in [9.17, 15) is 9.59 Å². The first-order chi connectivity index (χ1) is 12.8. The first-order valence-electron chi connectivity index (χ1n) is 8.35. The van der Waals surface area contributed by atoms with Crippen LogP contribution in [0.1, 0.15) is 40.1 Å². The van der Waals surface area contributed by atoms with Crippen molar-refractivity contribution in [3.8, 4) is 11.5 Å². The van der Waals surface area contributed by atoms with Crippen LogP contribution in [-0.4, -0.2) is 32.2 Å². The average molecular weight is 392 g/mol. The SMILES string of the molecule is COC(=O)c1cc(CNC(=O)c2cc(Cl)ccc2OC(C)C)ccc1OC. The molecule has 0 radical (unpaired) electrons. The van der Waals surface area contributed by atoms with Gasteiger partial charge in [0.05, 0.1) is 25.9 Å². The molecule has 1 amide bonds. The molecule has 2 aromatic rings. The van der Waals surface area contributed by atoms with Crippen molar-refractivity contribution >= 4 is 23.5 Å². The van der Waals surface area contributed by atoms with Crippen molar-refractivity contribution < 1.29 is 23.8 Å². The van der Waals surface area contributed by atoms with E-state index in [2.05, 4.69) is 5.32 Å². The highest BCUT2D eigenvalue weighted by Gasteiger charge is 2.16. The predicted octanol–water partition coefficient (Wildman–Crippen LogP) is 3.85. The molecule has 0 aromatic heterocycles. The van der Waals surface area contributed by atoms with Crippen LogP contribution < -0.4 is 14.8 Å². The number of carbonyl (C=O) groups is 2. The fraction of sp³-hybridized carbons (Fsp3) is 0.300. The van der Waals surface area contributed by atoms with Gasteiger partial charge in [-0.25, -0.2) is 4.79 Å². The number of nitrogens with one attached hydrogen (secondary N) is 1. The summed E-state index contributed by atoms with van der Waals surface area (Å²) in [5, 5.41) is 3.25. The quantitative estimate of drug-likeness (QED) is 0.725. The Bertz CT molecular complexity index is 835. The van der Waals surface area contributed by atoms with Crippen molar-refractivity contribution in [2.75, 3.05) is 14.2 Å². The third-order valence-electron chi connectivity index (χ3n) is 3.67. The summed E-state index contributed by atoms with van der Waals surface area (Å²) in [6.45, 7) is 3.96. The van der Waals surface area contributed by atoms with Gasteiger partial charge in [0.15, 0.2) is 0 Å². The second-order valence-corrected chi connectivity index (χ2v) is 6.45. The number of rotatable bonds is 7. The Balaban J connectivity index is 2.18. The van der Waals surface area contributed by atoms with E-state index in [1.807, 2.05) is 13.8 Å². The second kappa shape index (κ2) is 9.28. The summed E-state index contributed by atoms with van der Waals surface area (Å²) in [5.74, 6) is 0.0161. The minimum absolute atomic E-state index is 0.0815. The molecule has 7 heteroatoms. The average Bonchev–Trinajstić information content (AvgIpc) is 2.66. The second-order valence-electron chi connectivity index (χ2n) is 6.02. The van der Waals surface area contributed by atoms with E-state index < -0.39 is 5.97 Å². The molecule has 6 nitrogen and oxygen atoms in total. The molecule has 0 saturated heterocycles. The van der Waals surface area contributed by atoms with E-state index >= 15 is 0 Å². The van der Waals surface area contributed by atoms with Crippen LogP contribution in [-0.2, 0) is 11.3 Å². The first kappa shape index (κ1) is 20.6. The van der Waals surface area contributed by atoms with Gasteiger partial charge >= 0.3 is 5.97 Å². The summed E-state index contributed by atoms with van der Waals surface area (Å²) in [6.07, 6.45) is -0.0815. The Hall–Kier alpha value is -2.73. The Labute approximate surface area is 163 Å². The smallest absolute Gasteiger partial charge is 0.341 e. The van der Waals surface area contributed by atoms with Crippen LogP contribution in [0.15, 0.2) is 36.4 Å². The van der Waals surface area contributed by atoms with Crippen molar-refractivity contribution in [3.05, 3.63) is 58.1 Å². The van der Waals surface area contributed by atoms with Gasteiger partial charge in [-0.3, -0.25) is 4.79 Å². The normalized spacial score (nSPS) is 10.4. The topological polar surface area (TPSA) is 73.9 Å². The highest BCUT2D eigenvalue weighted by molar-refractivity contribution is 6.31. The molecule has 0 spiro atoms. The van der Waals surface area contributed by atoms with Gasteiger partial charge < -0.3 is 19.5 Å². The molecular formula is C20H22ClNO5. The van der Waals surface area contributed by atoms with Crippen molar-refractivity contribution in [1.82, 2.24) is 5.32 Å². The third kappa shape index (κ3) is 5.37. The monoisotopic (exact) mass is 391 g/mol. The minimum Gasteiger partial charge on any atom is -0.496 e. The lowest BCUT2D eigenvalue weighted by Gasteiger charge is -2.15. The van der Waals surface area contributed by atoms with Crippen LogP contribution in [0.5, 0.6) is 11.5 Å². The lowest BCUT2D eigenvalue weighted by atomic mass is 10.1.